The van der Waals surface area contributed by atoms with Gasteiger partial charge in [-0.1, -0.05) is 17.7 Å². The van der Waals surface area contributed by atoms with Gasteiger partial charge in [0, 0.05) is 35.4 Å². The molecule has 0 bridgehead atoms. The highest BCUT2D eigenvalue weighted by molar-refractivity contribution is 6.09. The van der Waals surface area contributed by atoms with Crippen LogP contribution in [0.3, 0.4) is 0 Å². The van der Waals surface area contributed by atoms with Gasteiger partial charge in [0.25, 0.3) is 11.6 Å². The van der Waals surface area contributed by atoms with E-state index in [1.54, 1.807) is 12.1 Å². The number of hydrogen-bond donors (Lipinski definition) is 2. The summed E-state index contributed by atoms with van der Waals surface area (Å²) in [6.45, 7) is 5.83. The highest BCUT2D eigenvalue weighted by atomic mass is 16.6. The Labute approximate surface area is 185 Å². The van der Waals surface area contributed by atoms with Crippen molar-refractivity contribution in [1.82, 2.24) is 0 Å². The highest BCUT2D eigenvalue weighted by Crippen LogP contribution is 2.31. The number of non-ortho nitro benzene ring substituents is 1. The Bertz CT molecular complexity index is 1230. The molecule has 0 spiro atoms. The molecule has 1 heterocycles. The molecule has 32 heavy (non-hydrogen) atoms. The first-order valence-electron chi connectivity index (χ1n) is 10.4. The number of hydrazone groups is 1. The van der Waals surface area contributed by atoms with Crippen LogP contribution in [0.25, 0.3) is 0 Å². The summed E-state index contributed by atoms with van der Waals surface area (Å²) in [5.41, 5.74) is 8.91. The van der Waals surface area contributed by atoms with E-state index >= 15 is 0 Å². The maximum absolute atomic E-state index is 12.9. The fourth-order valence-electron chi connectivity index (χ4n) is 3.92. The van der Waals surface area contributed by atoms with Crippen LogP contribution in [-0.4, -0.2) is 16.5 Å². The molecule has 0 unspecified atom stereocenters. The van der Waals surface area contributed by atoms with Crippen LogP contribution in [0.2, 0.25) is 0 Å². The van der Waals surface area contributed by atoms with Gasteiger partial charge >= 0.3 is 0 Å². The predicted octanol–water partition coefficient (Wildman–Crippen LogP) is 5.52. The third kappa shape index (κ3) is 4.25. The lowest BCUT2D eigenvalue weighted by molar-refractivity contribution is -0.384. The van der Waals surface area contributed by atoms with Crippen molar-refractivity contribution in [3.63, 3.8) is 0 Å². The van der Waals surface area contributed by atoms with Gasteiger partial charge in [-0.2, -0.15) is 5.10 Å². The van der Waals surface area contributed by atoms with E-state index in [1.807, 2.05) is 39.0 Å². The number of carbonyl (C=O) groups excluding carboxylic acids is 1. The normalized spacial score (nSPS) is 14.2. The van der Waals surface area contributed by atoms with Gasteiger partial charge in [-0.05, 0) is 57.4 Å². The molecule has 4 rings (SSSR count). The quantitative estimate of drug-likeness (QED) is 0.408. The molecule has 164 valence electrons. The van der Waals surface area contributed by atoms with Gasteiger partial charge in [0.05, 0.1) is 16.3 Å². The summed E-state index contributed by atoms with van der Waals surface area (Å²) in [5.74, 6) is 0.759. The third-order valence-electron chi connectivity index (χ3n) is 5.56. The molecule has 0 aliphatic heterocycles. The number of furan rings is 1. The molecule has 0 saturated carbocycles. The van der Waals surface area contributed by atoms with Crippen LogP contribution in [0.5, 0.6) is 0 Å². The summed E-state index contributed by atoms with van der Waals surface area (Å²) in [6, 6.07) is 11.9. The lowest BCUT2D eigenvalue weighted by atomic mass is 9.93. The Hall–Kier alpha value is -3.94. The van der Waals surface area contributed by atoms with Crippen molar-refractivity contribution >= 4 is 28.7 Å². The summed E-state index contributed by atoms with van der Waals surface area (Å²) in [7, 11) is 0. The van der Waals surface area contributed by atoms with Crippen molar-refractivity contribution in [2.75, 3.05) is 10.7 Å². The van der Waals surface area contributed by atoms with Crippen LogP contribution in [-0.2, 0) is 6.42 Å². The minimum absolute atomic E-state index is 0.0216. The molecule has 8 heteroatoms. The zero-order valence-electron chi connectivity index (χ0n) is 18.2. The Morgan fingerprint density at radius 2 is 1.84 bits per heavy atom. The van der Waals surface area contributed by atoms with E-state index in [2.05, 4.69) is 15.8 Å². The maximum atomic E-state index is 12.9. The van der Waals surface area contributed by atoms with Crippen molar-refractivity contribution in [2.24, 2.45) is 5.10 Å². The predicted molar refractivity (Wildman–Crippen MR) is 124 cm³/mol. The molecule has 2 aromatic carbocycles. The van der Waals surface area contributed by atoms with Crippen LogP contribution >= 0.6 is 0 Å². The minimum Gasteiger partial charge on any atom is -0.455 e. The summed E-state index contributed by atoms with van der Waals surface area (Å²) >= 11 is 0. The number of nitrogens with zero attached hydrogens (tertiary/aromatic N) is 2. The third-order valence-corrected chi connectivity index (χ3v) is 5.56. The average molecular weight is 432 g/mol. The largest absolute Gasteiger partial charge is 0.455 e. The van der Waals surface area contributed by atoms with Gasteiger partial charge in [-0.15, -0.1) is 0 Å². The first kappa shape index (κ1) is 21.3. The van der Waals surface area contributed by atoms with E-state index in [9.17, 15) is 14.9 Å². The van der Waals surface area contributed by atoms with Crippen molar-refractivity contribution in [3.8, 4) is 0 Å². The Kier molecular flexibility index (Phi) is 5.77. The summed E-state index contributed by atoms with van der Waals surface area (Å²) in [5, 5.41) is 18.3. The molecule has 0 saturated heterocycles. The number of nitro groups is 1. The molecule has 1 aliphatic rings. The van der Waals surface area contributed by atoms with Gasteiger partial charge in [0.15, 0.2) is 5.76 Å². The Morgan fingerprint density at radius 3 is 2.53 bits per heavy atom. The zero-order valence-corrected chi connectivity index (χ0v) is 18.2. The smallest absolute Gasteiger partial charge is 0.291 e. The number of amides is 1. The molecule has 1 aromatic heterocycles. The maximum Gasteiger partial charge on any atom is 0.291 e. The van der Waals surface area contributed by atoms with Crippen molar-refractivity contribution in [3.05, 3.63) is 86.4 Å². The lowest BCUT2D eigenvalue weighted by Crippen LogP contribution is -2.15. The summed E-state index contributed by atoms with van der Waals surface area (Å²) in [4.78, 5) is 23.3. The van der Waals surface area contributed by atoms with Crippen LogP contribution in [0.1, 0.15) is 51.4 Å². The van der Waals surface area contributed by atoms with Crippen molar-refractivity contribution < 1.29 is 14.1 Å². The van der Waals surface area contributed by atoms with Gasteiger partial charge < -0.3 is 9.73 Å². The number of benzene rings is 2. The summed E-state index contributed by atoms with van der Waals surface area (Å²) < 4.78 is 5.96. The fraction of sp³-hybridized carbons (Fsp3) is 0.250. The van der Waals surface area contributed by atoms with Crippen molar-refractivity contribution in [2.45, 2.75) is 40.0 Å². The topological polar surface area (TPSA) is 110 Å². The molecule has 8 nitrogen and oxygen atoms in total. The van der Waals surface area contributed by atoms with Crippen LogP contribution < -0.4 is 10.7 Å². The molecule has 0 atom stereocenters. The van der Waals surface area contributed by atoms with Gasteiger partial charge in [0.1, 0.15) is 5.76 Å². The van der Waals surface area contributed by atoms with Gasteiger partial charge in [-0.3, -0.25) is 20.3 Å². The number of nitrogens with one attached hydrogen (secondary N) is 2. The van der Waals surface area contributed by atoms with E-state index in [1.165, 1.54) is 12.1 Å². The number of aryl methyl sites for hydroxylation is 3. The van der Waals surface area contributed by atoms with E-state index in [0.717, 1.165) is 58.7 Å². The zero-order chi connectivity index (χ0) is 22.8. The number of rotatable bonds is 5. The number of nitro benzene ring substituents is 1. The second-order valence-electron chi connectivity index (χ2n) is 7.95. The number of anilines is 2. The number of carbonyl (C=O) groups is 1. The van der Waals surface area contributed by atoms with Gasteiger partial charge in [0.2, 0.25) is 0 Å². The molecule has 3 aromatic rings. The Balaban J connectivity index is 1.57. The first-order chi connectivity index (χ1) is 15.3. The van der Waals surface area contributed by atoms with E-state index < -0.39 is 4.92 Å². The molecule has 0 fully saturated rings. The standard InChI is InChI=1S/C24H24N4O4/c1-14-7-12-19(15(2)13-14)25-24(29)23-16(3)22-20(5-4-6-21(22)32-23)27-26-17-8-10-18(11-9-17)28(30)31/h7-13,26H,4-6H2,1-3H3,(H,25,29)/b27-20+. The second-order valence-corrected chi connectivity index (χ2v) is 7.95. The van der Waals surface area contributed by atoms with E-state index in [4.69, 9.17) is 4.42 Å². The molecule has 0 radical (unpaired) electrons. The molecular formula is C24H24N4O4. The van der Waals surface area contributed by atoms with Gasteiger partial charge in [-0.25, -0.2) is 0 Å². The van der Waals surface area contributed by atoms with E-state index in [-0.39, 0.29) is 11.6 Å². The fourth-order valence-corrected chi connectivity index (χ4v) is 3.92. The SMILES string of the molecule is Cc1ccc(NC(=O)c2oc3c(c2C)/C(=N/Nc2ccc([N+](=O)[O-])cc2)CCC3)c(C)c1. The molecular weight excluding hydrogens is 408 g/mol. The second kappa shape index (κ2) is 8.66. The summed E-state index contributed by atoms with van der Waals surface area (Å²) in [6.07, 6.45) is 2.34. The molecule has 1 aliphatic carbocycles. The number of fused-ring (bicyclic) bond motifs is 1. The lowest BCUT2D eigenvalue weighted by Gasteiger charge is -2.13. The van der Waals surface area contributed by atoms with Crippen LogP contribution in [0.15, 0.2) is 52.0 Å². The Morgan fingerprint density at radius 1 is 1.09 bits per heavy atom. The van der Waals surface area contributed by atoms with Crippen molar-refractivity contribution in [1.29, 1.82) is 0 Å². The minimum atomic E-state index is -0.442. The highest BCUT2D eigenvalue weighted by Gasteiger charge is 2.28. The number of hydrogen-bond acceptors (Lipinski definition) is 6. The van der Waals surface area contributed by atoms with Crippen LogP contribution in [0.4, 0.5) is 17.1 Å². The molecule has 2 N–H and O–H groups in total. The molecule has 1 amide bonds. The first-order valence-corrected chi connectivity index (χ1v) is 10.4. The monoisotopic (exact) mass is 432 g/mol. The average Bonchev–Trinajstić information content (AvgIpc) is 3.12. The van der Waals surface area contributed by atoms with Crippen LogP contribution in [0, 0.1) is 30.9 Å². The van der Waals surface area contributed by atoms with E-state index in [0.29, 0.717) is 11.4 Å².